The van der Waals surface area contributed by atoms with Crippen molar-refractivity contribution in [3.63, 3.8) is 0 Å². The number of aromatic amines is 1. The predicted molar refractivity (Wildman–Crippen MR) is 117 cm³/mol. The van der Waals surface area contributed by atoms with Gasteiger partial charge in [0.05, 0.1) is 17.6 Å². The van der Waals surface area contributed by atoms with Crippen LogP contribution >= 0.6 is 0 Å². The Hall–Kier alpha value is -4.07. The zero-order valence-electron chi connectivity index (χ0n) is 16.7. The van der Waals surface area contributed by atoms with Crippen molar-refractivity contribution in [1.82, 2.24) is 19.9 Å². The van der Waals surface area contributed by atoms with Crippen LogP contribution in [0.5, 0.6) is 0 Å². The normalized spacial score (nSPS) is 10.7. The fourth-order valence-corrected chi connectivity index (χ4v) is 3.14. The first-order chi connectivity index (χ1) is 14.5. The Morgan fingerprint density at radius 1 is 1.10 bits per heavy atom. The zero-order valence-corrected chi connectivity index (χ0v) is 16.7. The molecule has 0 saturated heterocycles. The summed E-state index contributed by atoms with van der Waals surface area (Å²) in [7, 11) is 3.38. The second-order valence-corrected chi connectivity index (χ2v) is 6.92. The molecule has 4 aromatic rings. The molecular formula is C22H22N6O2. The fourth-order valence-electron chi connectivity index (χ4n) is 3.14. The Kier molecular flexibility index (Phi) is 5.21. The van der Waals surface area contributed by atoms with Gasteiger partial charge < -0.3 is 25.1 Å². The van der Waals surface area contributed by atoms with Crippen molar-refractivity contribution in [2.75, 3.05) is 30.9 Å². The highest BCUT2D eigenvalue weighted by atomic mass is 16.2. The lowest BCUT2D eigenvalue weighted by atomic mass is 10.1. The second kappa shape index (κ2) is 8.12. The van der Waals surface area contributed by atoms with Crippen molar-refractivity contribution >= 4 is 34.5 Å². The van der Waals surface area contributed by atoms with Crippen molar-refractivity contribution in [2.45, 2.75) is 0 Å². The molecule has 0 radical (unpaired) electrons. The van der Waals surface area contributed by atoms with Gasteiger partial charge in [0.15, 0.2) is 0 Å². The number of hydrogen-bond acceptors (Lipinski definition) is 4. The topological polar surface area (TPSA) is 95.1 Å². The fraction of sp³-hybridized carbons (Fsp3) is 0.136. The number of likely N-dealkylation sites (N-methyl/N-ethyl adjacent to an activating group) is 2. The third kappa shape index (κ3) is 4.02. The Morgan fingerprint density at radius 2 is 1.90 bits per heavy atom. The van der Waals surface area contributed by atoms with Gasteiger partial charge in [-0.1, -0.05) is 6.07 Å². The van der Waals surface area contributed by atoms with E-state index in [0.717, 1.165) is 16.7 Å². The third-order valence-electron chi connectivity index (χ3n) is 4.76. The first kappa shape index (κ1) is 19.3. The first-order valence-corrected chi connectivity index (χ1v) is 9.50. The van der Waals surface area contributed by atoms with Gasteiger partial charge in [0, 0.05) is 43.4 Å². The van der Waals surface area contributed by atoms with Crippen molar-refractivity contribution in [1.29, 1.82) is 0 Å². The van der Waals surface area contributed by atoms with Crippen molar-refractivity contribution in [3.05, 3.63) is 72.6 Å². The number of imidazole rings is 1. The van der Waals surface area contributed by atoms with Crippen molar-refractivity contribution in [2.24, 2.45) is 0 Å². The Bertz CT molecular complexity index is 1200. The number of rotatable bonds is 6. The Morgan fingerprint density at radius 3 is 2.67 bits per heavy atom. The summed E-state index contributed by atoms with van der Waals surface area (Å²) in [4.78, 5) is 33.7. The van der Waals surface area contributed by atoms with E-state index in [0.29, 0.717) is 17.2 Å². The molecule has 0 aliphatic rings. The maximum Gasteiger partial charge on any atom is 0.255 e. The lowest BCUT2D eigenvalue weighted by Gasteiger charge is -2.13. The van der Waals surface area contributed by atoms with Crippen LogP contribution in [-0.4, -0.2) is 47.0 Å². The maximum atomic E-state index is 12.7. The zero-order chi connectivity index (χ0) is 21.1. The number of anilines is 2. The molecule has 0 fully saturated rings. The van der Waals surface area contributed by atoms with Gasteiger partial charge in [-0.05, 0) is 48.5 Å². The van der Waals surface area contributed by atoms with E-state index in [1.807, 2.05) is 59.4 Å². The number of fused-ring (bicyclic) bond motifs is 1. The highest BCUT2D eigenvalue weighted by Gasteiger charge is 2.12. The lowest BCUT2D eigenvalue weighted by molar-refractivity contribution is -0.119. The van der Waals surface area contributed by atoms with Crippen LogP contribution < -0.4 is 15.5 Å². The number of nitrogens with one attached hydrogen (secondary N) is 3. The predicted octanol–water partition coefficient (Wildman–Crippen LogP) is 2.79. The van der Waals surface area contributed by atoms with Crippen LogP contribution in [-0.2, 0) is 4.79 Å². The first-order valence-electron chi connectivity index (χ1n) is 9.50. The number of aromatic nitrogens is 3. The number of carbonyl (C=O) groups is 2. The summed E-state index contributed by atoms with van der Waals surface area (Å²) in [6.07, 6.45) is 3.86. The van der Waals surface area contributed by atoms with Crippen LogP contribution in [0.2, 0.25) is 0 Å². The van der Waals surface area contributed by atoms with E-state index in [2.05, 4.69) is 20.6 Å². The van der Waals surface area contributed by atoms with E-state index in [4.69, 9.17) is 0 Å². The number of benzene rings is 2. The smallest absolute Gasteiger partial charge is 0.255 e. The van der Waals surface area contributed by atoms with E-state index in [-0.39, 0.29) is 18.4 Å². The van der Waals surface area contributed by atoms with Gasteiger partial charge in [0.25, 0.3) is 5.91 Å². The van der Waals surface area contributed by atoms with Gasteiger partial charge in [0.1, 0.15) is 0 Å². The largest absolute Gasteiger partial charge is 0.358 e. The van der Waals surface area contributed by atoms with E-state index in [9.17, 15) is 9.59 Å². The molecule has 152 valence electrons. The van der Waals surface area contributed by atoms with Crippen LogP contribution in [0.1, 0.15) is 10.4 Å². The number of hydrogen-bond donors (Lipinski definition) is 3. The van der Waals surface area contributed by atoms with Crippen LogP contribution in [0.15, 0.2) is 67.0 Å². The molecule has 0 unspecified atom stereocenters. The molecule has 0 atom stereocenters. The molecule has 8 nitrogen and oxygen atoms in total. The second-order valence-electron chi connectivity index (χ2n) is 6.92. The molecular weight excluding hydrogens is 380 g/mol. The van der Waals surface area contributed by atoms with E-state index in [1.54, 1.807) is 31.1 Å². The number of amides is 2. The maximum absolute atomic E-state index is 12.7. The van der Waals surface area contributed by atoms with Crippen LogP contribution in [0.3, 0.4) is 0 Å². The van der Waals surface area contributed by atoms with Gasteiger partial charge in [-0.2, -0.15) is 0 Å². The molecule has 2 aromatic carbocycles. The molecule has 2 heterocycles. The number of nitrogens with zero attached hydrogens (tertiary/aromatic N) is 3. The minimum atomic E-state index is -0.195. The minimum absolute atomic E-state index is 0.104. The number of carbonyl (C=O) groups excluding carboxylic acids is 2. The van der Waals surface area contributed by atoms with Gasteiger partial charge in [-0.25, -0.2) is 4.98 Å². The van der Waals surface area contributed by atoms with Gasteiger partial charge in [-0.3, -0.25) is 9.59 Å². The standard InChI is InChI=1S/C22H22N6O2/c1-23-20(29)14-27(2)22-25-18-9-8-16(13-19(18)26-22)24-21(30)15-6-5-7-17(12-15)28-10-3-4-11-28/h3-13H,14H2,1-2H3,(H,23,29)(H,24,30)(H,25,26). The van der Waals surface area contributed by atoms with Crippen LogP contribution in [0.25, 0.3) is 16.7 Å². The minimum Gasteiger partial charge on any atom is -0.358 e. The summed E-state index contributed by atoms with van der Waals surface area (Å²) in [5, 5.41) is 5.52. The van der Waals surface area contributed by atoms with E-state index in [1.165, 1.54) is 0 Å². The third-order valence-corrected chi connectivity index (χ3v) is 4.76. The van der Waals surface area contributed by atoms with Crippen LogP contribution in [0, 0.1) is 0 Å². The molecule has 0 bridgehead atoms. The molecule has 0 saturated carbocycles. The molecule has 0 aliphatic carbocycles. The van der Waals surface area contributed by atoms with Gasteiger partial charge in [0.2, 0.25) is 11.9 Å². The summed E-state index contributed by atoms with van der Waals surface area (Å²) in [6.45, 7) is 0.192. The summed E-state index contributed by atoms with van der Waals surface area (Å²) in [5.74, 6) is 0.282. The van der Waals surface area contributed by atoms with Crippen molar-refractivity contribution in [3.8, 4) is 5.69 Å². The summed E-state index contributed by atoms with van der Waals surface area (Å²) < 4.78 is 1.95. The lowest BCUT2D eigenvalue weighted by Crippen LogP contribution is -2.33. The Labute approximate surface area is 173 Å². The van der Waals surface area contributed by atoms with Crippen molar-refractivity contribution < 1.29 is 9.59 Å². The van der Waals surface area contributed by atoms with E-state index < -0.39 is 0 Å². The summed E-state index contributed by atoms with van der Waals surface area (Å²) >= 11 is 0. The summed E-state index contributed by atoms with van der Waals surface area (Å²) in [5.41, 5.74) is 3.66. The SMILES string of the molecule is CNC(=O)CN(C)c1nc2ccc(NC(=O)c3cccc(-n4cccc4)c3)cc2[nH]1. The molecule has 4 rings (SSSR count). The van der Waals surface area contributed by atoms with Crippen LogP contribution in [0.4, 0.5) is 11.6 Å². The van der Waals surface area contributed by atoms with Gasteiger partial charge >= 0.3 is 0 Å². The molecule has 0 spiro atoms. The molecule has 2 amide bonds. The molecule has 0 aliphatic heterocycles. The molecule has 2 aromatic heterocycles. The average molecular weight is 402 g/mol. The highest BCUT2D eigenvalue weighted by Crippen LogP contribution is 2.21. The Balaban J connectivity index is 1.52. The van der Waals surface area contributed by atoms with Gasteiger partial charge in [-0.15, -0.1) is 0 Å². The highest BCUT2D eigenvalue weighted by molar-refractivity contribution is 6.05. The monoisotopic (exact) mass is 402 g/mol. The van der Waals surface area contributed by atoms with E-state index >= 15 is 0 Å². The number of H-pyrrole nitrogens is 1. The quantitative estimate of drug-likeness (QED) is 0.462. The molecule has 8 heteroatoms. The average Bonchev–Trinajstić information content (AvgIpc) is 3.43. The molecule has 30 heavy (non-hydrogen) atoms. The summed E-state index contributed by atoms with van der Waals surface area (Å²) in [6, 6.07) is 16.8. The molecule has 3 N–H and O–H groups in total.